The van der Waals surface area contributed by atoms with Crippen LogP contribution < -0.4 is 5.32 Å². The van der Waals surface area contributed by atoms with Crippen molar-refractivity contribution in [3.05, 3.63) is 51.5 Å². The van der Waals surface area contributed by atoms with Crippen LogP contribution in [0.2, 0.25) is 0 Å². The van der Waals surface area contributed by atoms with Gasteiger partial charge in [0.1, 0.15) is 0 Å². The Morgan fingerprint density at radius 2 is 2.00 bits per heavy atom. The van der Waals surface area contributed by atoms with Crippen molar-refractivity contribution in [2.75, 3.05) is 14.1 Å². The van der Waals surface area contributed by atoms with Gasteiger partial charge in [0.25, 0.3) is 5.91 Å². The fourth-order valence-electron chi connectivity index (χ4n) is 2.13. The first kappa shape index (κ1) is 15.7. The lowest BCUT2D eigenvalue weighted by Gasteiger charge is -2.15. The van der Waals surface area contributed by atoms with E-state index in [0.717, 1.165) is 25.2 Å². The van der Waals surface area contributed by atoms with Crippen LogP contribution in [0, 0.1) is 0 Å². The molecule has 0 aliphatic carbocycles. The molecule has 0 saturated carbocycles. The molecule has 1 amide bonds. The maximum atomic E-state index is 11.5. The molecule has 0 fully saturated rings. The lowest BCUT2D eigenvalue weighted by Crippen LogP contribution is -2.19. The Hall–Kier alpha value is -1.72. The molecule has 0 atom stereocenters. The van der Waals surface area contributed by atoms with Crippen molar-refractivity contribution < 1.29 is 4.79 Å². The molecular formula is C16H21N3OS. The van der Waals surface area contributed by atoms with Crippen LogP contribution in [0.3, 0.4) is 0 Å². The summed E-state index contributed by atoms with van der Waals surface area (Å²) in [5.41, 5.74) is 3.01. The van der Waals surface area contributed by atoms with Crippen molar-refractivity contribution >= 4 is 17.2 Å². The molecule has 1 heterocycles. The van der Waals surface area contributed by atoms with Crippen LogP contribution in [0.15, 0.2) is 29.6 Å². The van der Waals surface area contributed by atoms with Crippen molar-refractivity contribution in [2.24, 2.45) is 0 Å². The third kappa shape index (κ3) is 4.37. The molecule has 5 heteroatoms. The lowest BCUT2D eigenvalue weighted by molar-refractivity contribution is 0.0963. The number of carbonyl (C=O) groups is 1. The highest BCUT2D eigenvalue weighted by Crippen LogP contribution is 2.13. The predicted molar refractivity (Wildman–Crippen MR) is 86.5 cm³/mol. The molecule has 0 aliphatic rings. The molecule has 2 aromatic rings. The number of hydrogen-bond donors (Lipinski definition) is 1. The van der Waals surface area contributed by atoms with Gasteiger partial charge in [-0.05, 0) is 31.2 Å². The summed E-state index contributed by atoms with van der Waals surface area (Å²) in [7, 11) is 3.72. The largest absolute Gasteiger partial charge is 0.355 e. The zero-order chi connectivity index (χ0) is 15.2. The number of nitrogens with one attached hydrogen (secondary N) is 1. The first-order valence-corrected chi connectivity index (χ1v) is 7.93. The molecule has 0 aliphatic heterocycles. The van der Waals surface area contributed by atoms with Gasteiger partial charge in [-0.15, -0.1) is 11.3 Å². The highest BCUT2D eigenvalue weighted by atomic mass is 32.1. The van der Waals surface area contributed by atoms with Crippen LogP contribution in [-0.2, 0) is 19.5 Å². The summed E-state index contributed by atoms with van der Waals surface area (Å²) in [6.07, 6.45) is 0.995. The highest BCUT2D eigenvalue weighted by Gasteiger charge is 2.07. The number of nitrogens with zero attached hydrogens (tertiary/aromatic N) is 2. The van der Waals surface area contributed by atoms with Gasteiger partial charge >= 0.3 is 0 Å². The van der Waals surface area contributed by atoms with E-state index >= 15 is 0 Å². The second-order valence-electron chi connectivity index (χ2n) is 5.03. The van der Waals surface area contributed by atoms with E-state index in [0.29, 0.717) is 5.56 Å². The van der Waals surface area contributed by atoms with E-state index in [4.69, 9.17) is 0 Å². The molecule has 0 bridgehead atoms. The minimum Gasteiger partial charge on any atom is -0.355 e. The van der Waals surface area contributed by atoms with Crippen LogP contribution >= 0.6 is 11.3 Å². The molecule has 1 aromatic carbocycles. The van der Waals surface area contributed by atoms with E-state index in [1.54, 1.807) is 18.4 Å². The molecule has 0 spiro atoms. The third-order valence-electron chi connectivity index (χ3n) is 3.23. The summed E-state index contributed by atoms with van der Waals surface area (Å²) in [5, 5.41) is 5.94. The number of carbonyl (C=O) groups excluding carboxylic acids is 1. The summed E-state index contributed by atoms with van der Waals surface area (Å²) in [6, 6.07) is 7.72. The van der Waals surface area contributed by atoms with Gasteiger partial charge in [0.2, 0.25) is 0 Å². The zero-order valence-electron chi connectivity index (χ0n) is 12.7. The van der Waals surface area contributed by atoms with E-state index < -0.39 is 0 Å². The van der Waals surface area contributed by atoms with E-state index in [1.807, 2.05) is 24.3 Å². The minimum absolute atomic E-state index is 0.0514. The number of amides is 1. The van der Waals surface area contributed by atoms with Crippen LogP contribution in [0.4, 0.5) is 0 Å². The number of aryl methyl sites for hydroxylation is 1. The molecule has 1 aromatic heterocycles. The van der Waals surface area contributed by atoms with Crippen molar-refractivity contribution in [1.29, 1.82) is 0 Å². The Balaban J connectivity index is 1.92. The zero-order valence-corrected chi connectivity index (χ0v) is 13.5. The Morgan fingerprint density at radius 1 is 1.29 bits per heavy atom. The molecule has 0 unspecified atom stereocenters. The maximum Gasteiger partial charge on any atom is 0.251 e. The maximum absolute atomic E-state index is 11.5. The van der Waals surface area contributed by atoms with Gasteiger partial charge in [0.15, 0.2) is 0 Å². The summed E-state index contributed by atoms with van der Waals surface area (Å²) in [6.45, 7) is 3.81. The number of aromatic nitrogens is 1. The van der Waals surface area contributed by atoms with E-state index in [-0.39, 0.29) is 5.91 Å². The summed E-state index contributed by atoms with van der Waals surface area (Å²) < 4.78 is 0. The molecule has 112 valence electrons. The molecule has 0 radical (unpaired) electrons. The Kier molecular flexibility index (Phi) is 5.47. The number of thiazole rings is 1. The average Bonchev–Trinajstić information content (AvgIpc) is 2.94. The molecule has 0 saturated heterocycles. The van der Waals surface area contributed by atoms with Crippen molar-refractivity contribution in [1.82, 2.24) is 15.2 Å². The minimum atomic E-state index is -0.0514. The Bertz CT molecular complexity index is 592. The molecular weight excluding hydrogens is 282 g/mol. The van der Waals surface area contributed by atoms with Gasteiger partial charge in [0, 0.05) is 31.1 Å². The highest BCUT2D eigenvalue weighted by molar-refractivity contribution is 7.09. The van der Waals surface area contributed by atoms with E-state index in [2.05, 4.69) is 34.6 Å². The SMILES string of the molecule is CCc1nc(CN(C)Cc2ccc(C(=O)NC)cc2)cs1. The summed E-state index contributed by atoms with van der Waals surface area (Å²) in [5.74, 6) is -0.0514. The normalized spacial score (nSPS) is 10.9. The first-order chi connectivity index (χ1) is 10.1. The summed E-state index contributed by atoms with van der Waals surface area (Å²) >= 11 is 1.72. The van der Waals surface area contributed by atoms with Gasteiger partial charge in [0.05, 0.1) is 10.7 Å². The third-order valence-corrected chi connectivity index (χ3v) is 4.27. The van der Waals surface area contributed by atoms with Gasteiger partial charge in [-0.25, -0.2) is 4.98 Å². The smallest absolute Gasteiger partial charge is 0.251 e. The lowest BCUT2D eigenvalue weighted by atomic mass is 10.1. The monoisotopic (exact) mass is 303 g/mol. The number of benzene rings is 1. The Labute approximate surface area is 129 Å². The fourth-order valence-corrected chi connectivity index (χ4v) is 2.87. The average molecular weight is 303 g/mol. The second-order valence-corrected chi connectivity index (χ2v) is 5.98. The van der Waals surface area contributed by atoms with Crippen LogP contribution in [0.1, 0.15) is 33.5 Å². The van der Waals surface area contributed by atoms with Crippen LogP contribution in [-0.4, -0.2) is 29.9 Å². The standard InChI is InChI=1S/C16H21N3OS/c1-4-15-18-14(11-21-15)10-19(3)9-12-5-7-13(8-6-12)16(20)17-2/h5-8,11H,4,9-10H2,1-3H3,(H,17,20). The van der Waals surface area contributed by atoms with E-state index in [9.17, 15) is 4.79 Å². The molecule has 1 N–H and O–H groups in total. The quantitative estimate of drug-likeness (QED) is 0.892. The van der Waals surface area contributed by atoms with Gasteiger partial charge in [-0.1, -0.05) is 19.1 Å². The Morgan fingerprint density at radius 3 is 2.57 bits per heavy atom. The topological polar surface area (TPSA) is 45.2 Å². The number of hydrogen-bond acceptors (Lipinski definition) is 4. The van der Waals surface area contributed by atoms with Crippen molar-refractivity contribution in [3.8, 4) is 0 Å². The van der Waals surface area contributed by atoms with Gasteiger partial charge in [-0.3, -0.25) is 9.69 Å². The van der Waals surface area contributed by atoms with Crippen molar-refractivity contribution in [2.45, 2.75) is 26.4 Å². The number of rotatable bonds is 6. The van der Waals surface area contributed by atoms with Gasteiger partial charge < -0.3 is 5.32 Å². The van der Waals surface area contributed by atoms with E-state index in [1.165, 1.54) is 10.6 Å². The second kappa shape index (κ2) is 7.33. The first-order valence-electron chi connectivity index (χ1n) is 7.05. The predicted octanol–water partition coefficient (Wildman–Crippen LogP) is 2.70. The van der Waals surface area contributed by atoms with Crippen LogP contribution in [0.25, 0.3) is 0 Å². The van der Waals surface area contributed by atoms with Crippen LogP contribution in [0.5, 0.6) is 0 Å². The summed E-state index contributed by atoms with van der Waals surface area (Å²) in [4.78, 5) is 18.3. The molecule has 2 rings (SSSR count). The fraction of sp³-hybridized carbons (Fsp3) is 0.375. The molecule has 21 heavy (non-hydrogen) atoms. The molecule has 4 nitrogen and oxygen atoms in total. The van der Waals surface area contributed by atoms with Gasteiger partial charge in [-0.2, -0.15) is 0 Å². The van der Waals surface area contributed by atoms with Crippen molar-refractivity contribution in [3.63, 3.8) is 0 Å².